The number of aromatic hydroxyl groups is 1. The summed E-state index contributed by atoms with van der Waals surface area (Å²) in [5.41, 5.74) is 2.16. The number of nitrogens with zero attached hydrogens (tertiary/aromatic N) is 4. The second-order valence-electron chi connectivity index (χ2n) is 10.9. The van der Waals surface area contributed by atoms with Crippen molar-refractivity contribution in [2.75, 3.05) is 12.3 Å². The lowest BCUT2D eigenvalue weighted by Crippen LogP contribution is -2.74. The summed E-state index contributed by atoms with van der Waals surface area (Å²) in [5, 5.41) is 40.3. The van der Waals surface area contributed by atoms with E-state index in [1.165, 1.54) is 29.6 Å². The zero-order valence-corrected chi connectivity index (χ0v) is 27.4. The molecule has 1 aliphatic rings. The molecule has 1 fully saturated rings. The molecule has 3 heterocycles. The molecule has 266 valence electrons. The Kier molecular flexibility index (Phi) is 10.4. The summed E-state index contributed by atoms with van der Waals surface area (Å²) in [6.45, 7) is 1.36. The van der Waals surface area contributed by atoms with Crippen molar-refractivity contribution in [2.45, 2.75) is 38.1 Å². The first-order valence-electron chi connectivity index (χ1n) is 13.9. The van der Waals surface area contributed by atoms with E-state index in [-0.39, 0.29) is 38.5 Å². The molecule has 0 unspecified atom stereocenters. The van der Waals surface area contributed by atoms with Crippen molar-refractivity contribution in [1.82, 2.24) is 30.0 Å². The average Bonchev–Trinajstić information content (AvgIpc) is 3.47. The number of thiazole rings is 1. The molecule has 9 N–H and O–H groups in total. The highest BCUT2D eigenvalue weighted by Crippen LogP contribution is 2.24. The number of nitrogens with two attached hydrogens (primary N) is 1. The number of hydrogen-bond donors (Lipinski definition) is 8. The molecule has 1 saturated heterocycles. The Bertz CT molecular complexity index is 2060. The fourth-order valence-corrected chi connectivity index (χ4v) is 5.63. The fourth-order valence-electron chi connectivity index (χ4n) is 4.20. The van der Waals surface area contributed by atoms with E-state index in [2.05, 4.69) is 26.1 Å². The van der Waals surface area contributed by atoms with Gasteiger partial charge in [0.2, 0.25) is 11.0 Å². The number of nitrogens with one attached hydrogen (secondary N) is 3. The number of carbonyl (C=O) groups is 5. The standard InChI is InChI=1S/C27H28N8O13S2/c1-27(2,25(42)43)48-33-19(15-11-49-26(28)31-15)23(40)32-20-16(35(24(20)41)50(45,46)47)9-30-22(39)13-5-3-12(4-6-13)21(38)29-8-14-7-17(36)18(37)10-34(14)44/h3-7,10-11,16,20,37,44H,8-9H2,1-2H3,(H2,28,31)(H,29,38)(H,30,39)(H,32,40)(H,42,43)(H,45,46,47)/b33-19-/t16-,20+/m1/s1. The van der Waals surface area contributed by atoms with E-state index >= 15 is 0 Å². The predicted octanol–water partition coefficient (Wildman–Crippen LogP) is -1.73. The Labute approximate surface area is 284 Å². The number of carboxylic acids is 1. The first kappa shape index (κ1) is 36.8. The van der Waals surface area contributed by atoms with Gasteiger partial charge >= 0.3 is 16.3 Å². The summed E-state index contributed by atoms with van der Waals surface area (Å²) in [5.74, 6) is -6.04. The molecule has 4 amide bonds. The van der Waals surface area contributed by atoms with E-state index in [1.807, 2.05) is 0 Å². The maximum Gasteiger partial charge on any atom is 0.362 e. The molecule has 4 rings (SSSR count). The molecule has 2 aromatic heterocycles. The first-order valence-corrected chi connectivity index (χ1v) is 16.2. The maximum atomic E-state index is 13.2. The van der Waals surface area contributed by atoms with Crippen LogP contribution in [0.5, 0.6) is 5.75 Å². The Balaban J connectivity index is 1.44. The number of carbonyl (C=O) groups excluding carboxylic acids is 4. The van der Waals surface area contributed by atoms with Crippen LogP contribution < -0.4 is 27.1 Å². The summed E-state index contributed by atoms with van der Waals surface area (Å²) >= 11 is 0.896. The molecular weight excluding hydrogens is 708 g/mol. The fraction of sp³-hybridized carbons (Fsp3) is 0.259. The molecular formula is C27H28N8O13S2. The minimum Gasteiger partial charge on any atom is -0.503 e. The third kappa shape index (κ3) is 8.13. The summed E-state index contributed by atoms with van der Waals surface area (Å²) < 4.78 is 34.0. The lowest BCUT2D eigenvalue weighted by atomic mass is 9.98. The van der Waals surface area contributed by atoms with E-state index in [4.69, 9.17) is 10.6 Å². The van der Waals surface area contributed by atoms with Crippen molar-refractivity contribution < 1.29 is 57.2 Å². The minimum absolute atomic E-state index is 0.00287. The van der Waals surface area contributed by atoms with Gasteiger partial charge in [0.1, 0.15) is 11.7 Å². The molecule has 21 nitrogen and oxygen atoms in total. The van der Waals surface area contributed by atoms with Crippen LogP contribution in [0.2, 0.25) is 0 Å². The number of rotatable bonds is 13. The Morgan fingerprint density at radius 3 is 2.24 bits per heavy atom. The highest BCUT2D eigenvalue weighted by molar-refractivity contribution is 7.84. The number of aliphatic carboxylic acids is 1. The van der Waals surface area contributed by atoms with Gasteiger partial charge in [-0.3, -0.25) is 28.5 Å². The largest absolute Gasteiger partial charge is 0.503 e. The van der Waals surface area contributed by atoms with E-state index in [0.717, 1.165) is 37.4 Å². The minimum atomic E-state index is -5.16. The lowest BCUT2D eigenvalue weighted by Gasteiger charge is -2.44. The van der Waals surface area contributed by atoms with Gasteiger partial charge in [-0.1, -0.05) is 5.16 Å². The van der Waals surface area contributed by atoms with Crippen LogP contribution in [-0.4, -0.2) is 102 Å². The molecule has 0 radical (unpaired) electrons. The van der Waals surface area contributed by atoms with Gasteiger partial charge in [0.15, 0.2) is 16.6 Å². The number of benzene rings is 1. The van der Waals surface area contributed by atoms with Crippen molar-refractivity contribution in [3.63, 3.8) is 0 Å². The molecule has 0 bridgehead atoms. The SMILES string of the molecule is CC(C)(O/N=C(\C(=O)N[C@@H]1C(=O)N(S(=O)(=O)O)[C@@H]1CNC(=O)c1ccc(C(=O)NCc2cc(=O)c(O)cn2O)cc1)c1csc(N)n1)C(=O)O. The van der Waals surface area contributed by atoms with Crippen molar-refractivity contribution >= 4 is 62.1 Å². The normalized spacial score (nSPS) is 16.3. The number of pyridine rings is 1. The van der Waals surface area contributed by atoms with Crippen molar-refractivity contribution in [2.24, 2.45) is 5.16 Å². The zero-order valence-electron chi connectivity index (χ0n) is 25.8. The highest BCUT2D eigenvalue weighted by Gasteiger charge is 2.54. The Morgan fingerprint density at radius 1 is 1.10 bits per heavy atom. The smallest absolute Gasteiger partial charge is 0.362 e. The summed E-state index contributed by atoms with van der Waals surface area (Å²) in [6, 6.07) is 2.71. The highest BCUT2D eigenvalue weighted by atomic mass is 32.2. The van der Waals surface area contributed by atoms with Crippen molar-refractivity contribution in [1.29, 1.82) is 0 Å². The van der Waals surface area contributed by atoms with E-state index in [9.17, 15) is 57.2 Å². The Morgan fingerprint density at radius 2 is 1.70 bits per heavy atom. The monoisotopic (exact) mass is 736 g/mol. The van der Waals surface area contributed by atoms with E-state index in [0.29, 0.717) is 4.73 Å². The summed E-state index contributed by atoms with van der Waals surface area (Å²) in [6.07, 6.45) is 0.757. The molecule has 23 heteroatoms. The van der Waals surface area contributed by atoms with Crippen LogP contribution in [0, 0.1) is 0 Å². The van der Waals surface area contributed by atoms with Gasteiger partial charge in [-0.05, 0) is 38.1 Å². The second kappa shape index (κ2) is 14.2. The molecule has 0 spiro atoms. The van der Waals surface area contributed by atoms with Crippen LogP contribution in [0.3, 0.4) is 0 Å². The number of aromatic nitrogens is 2. The van der Waals surface area contributed by atoms with Crippen LogP contribution >= 0.6 is 11.3 Å². The van der Waals surface area contributed by atoms with Gasteiger partial charge in [-0.15, -0.1) is 11.3 Å². The number of oxime groups is 1. The molecule has 50 heavy (non-hydrogen) atoms. The van der Waals surface area contributed by atoms with Gasteiger partial charge in [-0.2, -0.15) is 13.1 Å². The molecule has 0 aliphatic carbocycles. The number of carboxylic acid groups (broad SMARTS) is 1. The third-order valence-electron chi connectivity index (χ3n) is 6.96. The van der Waals surface area contributed by atoms with Crippen LogP contribution in [0.25, 0.3) is 0 Å². The molecule has 3 aromatic rings. The van der Waals surface area contributed by atoms with Crippen molar-refractivity contribution in [3.05, 3.63) is 74.6 Å². The quantitative estimate of drug-likeness (QED) is 0.0318. The zero-order chi connectivity index (χ0) is 37.1. The van der Waals surface area contributed by atoms with Gasteiger partial charge in [0, 0.05) is 29.1 Å². The van der Waals surface area contributed by atoms with Gasteiger partial charge < -0.3 is 41.9 Å². The maximum absolute atomic E-state index is 13.2. The van der Waals surface area contributed by atoms with Gasteiger partial charge in [-0.25, -0.2) is 14.1 Å². The van der Waals surface area contributed by atoms with Crippen LogP contribution in [0.4, 0.5) is 5.13 Å². The van der Waals surface area contributed by atoms with E-state index in [1.54, 1.807) is 0 Å². The van der Waals surface area contributed by atoms with Gasteiger partial charge in [0.25, 0.3) is 23.6 Å². The predicted molar refractivity (Wildman–Crippen MR) is 169 cm³/mol. The number of β-lactam (4-membered cyclic amide) rings is 1. The topological polar surface area (TPSA) is 322 Å². The number of nitrogen functional groups attached to an aromatic ring is 1. The summed E-state index contributed by atoms with van der Waals surface area (Å²) in [7, 11) is -5.16. The van der Waals surface area contributed by atoms with Gasteiger partial charge in [0.05, 0.1) is 24.5 Å². The molecule has 0 saturated carbocycles. The molecule has 1 aromatic carbocycles. The first-order chi connectivity index (χ1) is 23.3. The Hall–Kier alpha value is -6.07. The van der Waals surface area contributed by atoms with Crippen molar-refractivity contribution in [3.8, 4) is 5.75 Å². The van der Waals surface area contributed by atoms with Crippen LogP contribution in [-0.2, 0) is 36.1 Å². The average molecular weight is 737 g/mol. The number of amides is 4. The third-order valence-corrected chi connectivity index (χ3v) is 8.59. The summed E-state index contributed by atoms with van der Waals surface area (Å²) in [4.78, 5) is 83.3. The van der Waals surface area contributed by atoms with Crippen LogP contribution in [0.15, 0.2) is 51.9 Å². The second-order valence-corrected chi connectivity index (χ2v) is 13.1. The van der Waals surface area contributed by atoms with Crippen LogP contribution in [0.1, 0.15) is 46.0 Å². The number of anilines is 1. The number of hydrogen-bond acceptors (Lipinski definition) is 15. The molecule has 2 atom stereocenters. The lowest BCUT2D eigenvalue weighted by molar-refractivity contribution is -0.161. The molecule has 1 aliphatic heterocycles. The van der Waals surface area contributed by atoms with E-state index < -0.39 is 81.0 Å².